The van der Waals surface area contributed by atoms with Crippen LogP contribution in [-0.2, 0) is 0 Å². The van der Waals surface area contributed by atoms with Crippen molar-refractivity contribution < 1.29 is 14.3 Å². The smallest absolute Gasteiger partial charge is 0.165 e. The first-order valence-corrected chi connectivity index (χ1v) is 5.18. The molecule has 0 heterocycles. The topological polar surface area (TPSA) is 37.3 Å². The Morgan fingerprint density at radius 3 is 2.47 bits per heavy atom. The predicted octanol–water partition coefficient (Wildman–Crippen LogP) is 3.40. The molecule has 3 heteroatoms. The molecule has 0 aromatic heterocycles. The van der Waals surface area contributed by atoms with Gasteiger partial charge in [0.1, 0.15) is 0 Å². The number of phenols is 1. The molecule has 0 aliphatic heterocycles. The van der Waals surface area contributed by atoms with Crippen LogP contribution in [0.25, 0.3) is 11.1 Å². The van der Waals surface area contributed by atoms with Crippen LogP contribution in [0.15, 0.2) is 42.5 Å². The summed E-state index contributed by atoms with van der Waals surface area (Å²) in [5.41, 5.74) is 1.95. The van der Waals surface area contributed by atoms with E-state index in [1.807, 2.05) is 0 Å². The zero-order chi connectivity index (χ0) is 12.4. The van der Waals surface area contributed by atoms with E-state index in [0.717, 1.165) is 5.56 Å². The Hall–Kier alpha value is -2.16. The summed E-state index contributed by atoms with van der Waals surface area (Å²) in [7, 11) is 0. The number of rotatable bonds is 2. The largest absolute Gasteiger partial charge is 0.505 e. The highest BCUT2D eigenvalue weighted by molar-refractivity contribution is 5.95. The minimum atomic E-state index is -0.671. The van der Waals surface area contributed by atoms with E-state index in [0.29, 0.717) is 11.1 Å². The molecule has 2 aromatic rings. The van der Waals surface area contributed by atoms with E-state index in [-0.39, 0.29) is 11.5 Å². The molecule has 17 heavy (non-hydrogen) atoms. The van der Waals surface area contributed by atoms with E-state index in [4.69, 9.17) is 5.11 Å². The number of halogens is 1. The maximum Gasteiger partial charge on any atom is 0.165 e. The van der Waals surface area contributed by atoms with Crippen molar-refractivity contribution in [2.75, 3.05) is 0 Å². The molecule has 0 atom stereocenters. The van der Waals surface area contributed by atoms with Crippen molar-refractivity contribution in [1.29, 1.82) is 0 Å². The molecule has 0 saturated heterocycles. The molecule has 0 saturated carbocycles. The number of hydrogen-bond donors (Lipinski definition) is 1. The summed E-state index contributed by atoms with van der Waals surface area (Å²) in [4.78, 5) is 11.2. The van der Waals surface area contributed by atoms with Crippen molar-refractivity contribution in [1.82, 2.24) is 0 Å². The number of ketones is 1. The molecule has 0 aliphatic rings. The lowest BCUT2D eigenvalue weighted by Crippen LogP contribution is -1.91. The summed E-state index contributed by atoms with van der Waals surface area (Å²) >= 11 is 0. The van der Waals surface area contributed by atoms with Crippen molar-refractivity contribution in [2.45, 2.75) is 6.92 Å². The molecule has 0 unspecified atom stereocenters. The van der Waals surface area contributed by atoms with Gasteiger partial charge in [-0.1, -0.05) is 24.3 Å². The molecule has 1 N–H and O–H groups in total. The van der Waals surface area contributed by atoms with Gasteiger partial charge in [-0.05, 0) is 36.2 Å². The van der Waals surface area contributed by atoms with Crippen LogP contribution in [0.1, 0.15) is 17.3 Å². The summed E-state index contributed by atoms with van der Waals surface area (Å²) < 4.78 is 13.2. The van der Waals surface area contributed by atoms with Crippen molar-refractivity contribution in [3.05, 3.63) is 53.8 Å². The van der Waals surface area contributed by atoms with Gasteiger partial charge in [-0.15, -0.1) is 0 Å². The van der Waals surface area contributed by atoms with Gasteiger partial charge in [-0.3, -0.25) is 4.79 Å². The second-order valence-corrected chi connectivity index (χ2v) is 3.80. The Morgan fingerprint density at radius 2 is 1.82 bits per heavy atom. The lowest BCUT2D eigenvalue weighted by atomic mass is 10.0. The normalized spacial score (nSPS) is 10.2. The second kappa shape index (κ2) is 4.37. The Morgan fingerprint density at radius 1 is 1.12 bits per heavy atom. The first-order valence-electron chi connectivity index (χ1n) is 5.18. The third kappa shape index (κ3) is 2.33. The van der Waals surface area contributed by atoms with Gasteiger partial charge in [0.25, 0.3) is 0 Å². The number of carbonyl (C=O) groups excluding carboxylic acids is 1. The van der Waals surface area contributed by atoms with E-state index in [2.05, 4.69) is 0 Å². The van der Waals surface area contributed by atoms with Gasteiger partial charge in [-0.2, -0.15) is 0 Å². The van der Waals surface area contributed by atoms with E-state index < -0.39 is 5.82 Å². The molecule has 0 aliphatic carbocycles. The first kappa shape index (κ1) is 11.3. The van der Waals surface area contributed by atoms with Crippen LogP contribution in [-0.4, -0.2) is 10.9 Å². The van der Waals surface area contributed by atoms with Gasteiger partial charge in [0.15, 0.2) is 17.3 Å². The van der Waals surface area contributed by atoms with E-state index in [9.17, 15) is 9.18 Å². The van der Waals surface area contributed by atoms with Gasteiger partial charge in [0.2, 0.25) is 0 Å². The Bertz CT molecular complexity index is 576. The minimum absolute atomic E-state index is 0.0360. The summed E-state index contributed by atoms with van der Waals surface area (Å²) in [5.74, 6) is -1.08. The first-order chi connectivity index (χ1) is 8.08. The highest BCUT2D eigenvalue weighted by atomic mass is 19.1. The van der Waals surface area contributed by atoms with Crippen LogP contribution in [0.4, 0.5) is 4.39 Å². The zero-order valence-electron chi connectivity index (χ0n) is 9.27. The van der Waals surface area contributed by atoms with E-state index in [1.54, 1.807) is 30.3 Å². The third-order valence-corrected chi connectivity index (χ3v) is 2.55. The standard InChI is InChI=1S/C14H11FO2/c1-9(16)10-3-2-4-11(7-10)12-5-6-14(17)13(15)8-12/h2-8,17H,1H3. The highest BCUT2D eigenvalue weighted by Gasteiger charge is 2.05. The number of phenolic OH excluding ortho intramolecular Hbond substituents is 1. The van der Waals surface area contributed by atoms with Crippen LogP contribution >= 0.6 is 0 Å². The van der Waals surface area contributed by atoms with Gasteiger partial charge in [0.05, 0.1) is 0 Å². The molecular weight excluding hydrogens is 219 g/mol. The second-order valence-electron chi connectivity index (χ2n) is 3.80. The molecule has 0 amide bonds. The molecular formula is C14H11FO2. The maximum absolute atomic E-state index is 13.2. The van der Waals surface area contributed by atoms with Gasteiger partial charge in [-0.25, -0.2) is 4.39 Å². The van der Waals surface area contributed by atoms with Crippen LogP contribution in [0.3, 0.4) is 0 Å². The summed E-state index contributed by atoms with van der Waals surface area (Å²) in [6.45, 7) is 1.48. The van der Waals surface area contributed by atoms with Gasteiger partial charge < -0.3 is 5.11 Å². The highest BCUT2D eigenvalue weighted by Crippen LogP contribution is 2.25. The van der Waals surface area contributed by atoms with Crippen LogP contribution in [0, 0.1) is 5.82 Å². The molecule has 2 aromatic carbocycles. The number of benzene rings is 2. The van der Waals surface area contributed by atoms with Crippen molar-refractivity contribution in [3.63, 3.8) is 0 Å². The molecule has 86 valence electrons. The average molecular weight is 230 g/mol. The fraction of sp³-hybridized carbons (Fsp3) is 0.0714. The fourth-order valence-electron chi connectivity index (χ4n) is 1.60. The van der Waals surface area contributed by atoms with E-state index in [1.165, 1.54) is 19.1 Å². The maximum atomic E-state index is 13.2. The summed E-state index contributed by atoms with van der Waals surface area (Å²) in [6.07, 6.45) is 0. The van der Waals surface area contributed by atoms with Crippen molar-refractivity contribution in [3.8, 4) is 16.9 Å². The molecule has 0 radical (unpaired) electrons. The minimum Gasteiger partial charge on any atom is -0.505 e. The lowest BCUT2D eigenvalue weighted by Gasteiger charge is -2.04. The summed E-state index contributed by atoms with van der Waals surface area (Å²) in [6, 6.07) is 11.1. The van der Waals surface area contributed by atoms with Crippen molar-refractivity contribution in [2.24, 2.45) is 0 Å². The SMILES string of the molecule is CC(=O)c1cccc(-c2ccc(O)c(F)c2)c1. The number of aromatic hydroxyl groups is 1. The summed E-state index contributed by atoms with van der Waals surface area (Å²) in [5, 5.41) is 9.10. The molecule has 0 fully saturated rings. The van der Waals surface area contributed by atoms with Gasteiger partial charge in [0, 0.05) is 5.56 Å². The van der Waals surface area contributed by atoms with Gasteiger partial charge >= 0.3 is 0 Å². The predicted molar refractivity (Wildman–Crippen MR) is 63.5 cm³/mol. The number of Topliss-reactive ketones (excluding diaryl/α,β-unsaturated/α-hetero) is 1. The molecule has 2 rings (SSSR count). The van der Waals surface area contributed by atoms with Crippen molar-refractivity contribution >= 4 is 5.78 Å². The Balaban J connectivity index is 2.49. The fourth-order valence-corrected chi connectivity index (χ4v) is 1.60. The monoisotopic (exact) mass is 230 g/mol. The Kier molecular flexibility index (Phi) is 2.91. The quantitative estimate of drug-likeness (QED) is 0.803. The molecule has 2 nitrogen and oxygen atoms in total. The van der Waals surface area contributed by atoms with Crippen LogP contribution in [0.5, 0.6) is 5.75 Å². The van der Waals surface area contributed by atoms with E-state index >= 15 is 0 Å². The molecule has 0 bridgehead atoms. The average Bonchev–Trinajstić information content (AvgIpc) is 2.33. The number of hydrogen-bond acceptors (Lipinski definition) is 2. The van der Waals surface area contributed by atoms with Crippen LogP contribution in [0.2, 0.25) is 0 Å². The Labute approximate surface area is 98.3 Å². The molecule has 0 spiro atoms. The lowest BCUT2D eigenvalue weighted by molar-refractivity contribution is 0.101. The zero-order valence-corrected chi connectivity index (χ0v) is 9.27. The third-order valence-electron chi connectivity index (χ3n) is 2.55. The number of carbonyl (C=O) groups is 1. The van der Waals surface area contributed by atoms with Crippen LogP contribution < -0.4 is 0 Å².